The highest BCUT2D eigenvalue weighted by Crippen LogP contribution is 2.58. The number of nitrogens with one attached hydrogen (secondary N) is 1. The van der Waals surface area contributed by atoms with Crippen molar-refractivity contribution in [1.82, 2.24) is 34.3 Å². The van der Waals surface area contributed by atoms with E-state index in [1.807, 2.05) is 54.0 Å². The van der Waals surface area contributed by atoms with Crippen LogP contribution in [-0.2, 0) is 13.0 Å². The average molecular weight is 719 g/mol. The van der Waals surface area contributed by atoms with E-state index in [0.717, 1.165) is 6.20 Å². The van der Waals surface area contributed by atoms with Crippen molar-refractivity contribution in [3.8, 4) is 17.1 Å². The molecule has 4 aromatic rings. The molecule has 2 unspecified atom stereocenters. The van der Waals surface area contributed by atoms with E-state index in [0.29, 0.717) is 28.0 Å². The molecule has 0 spiro atoms. The highest BCUT2D eigenvalue weighted by Gasteiger charge is 2.71. The number of aromatic nitrogens is 5. The predicted molar refractivity (Wildman–Crippen MR) is 201 cm³/mol. The SMILES string of the molecule is BC(C)(N1C(C)(C)C(C)(C)N2Cc3c(O)nc(Nc4ncc(F)c(-c5cc(F)c6nc(C)n(C(C)C)c6c5)n4)c(C)c3CC2(O)C1(C)C)C(C)(C)O. The topological polar surface area (TPSA) is 136 Å². The van der Waals surface area contributed by atoms with E-state index in [1.54, 1.807) is 26.8 Å². The molecule has 0 bridgehead atoms. The summed E-state index contributed by atoms with van der Waals surface area (Å²) in [6, 6.07) is 2.88. The number of hydrogen-bond donors (Lipinski definition) is 4. The van der Waals surface area contributed by atoms with Gasteiger partial charge in [0, 0.05) is 46.7 Å². The number of benzene rings is 1. The van der Waals surface area contributed by atoms with Crippen LogP contribution in [0.1, 0.15) is 105 Å². The number of nitrogens with zero attached hydrogens (tertiary/aromatic N) is 7. The molecular formula is C38H53BF2N8O3. The van der Waals surface area contributed by atoms with Crippen molar-refractivity contribution in [3.63, 3.8) is 0 Å². The van der Waals surface area contributed by atoms with Crippen LogP contribution >= 0.6 is 0 Å². The van der Waals surface area contributed by atoms with Crippen LogP contribution in [0, 0.1) is 25.5 Å². The molecule has 4 N–H and O–H groups in total. The van der Waals surface area contributed by atoms with Crippen LogP contribution in [0.15, 0.2) is 18.3 Å². The van der Waals surface area contributed by atoms with Crippen molar-refractivity contribution in [1.29, 1.82) is 0 Å². The van der Waals surface area contributed by atoms with Gasteiger partial charge in [-0.25, -0.2) is 23.7 Å². The van der Waals surface area contributed by atoms with E-state index in [-0.39, 0.29) is 53.4 Å². The maximum atomic E-state index is 15.3. The number of aryl methyl sites for hydroxylation is 1. The minimum absolute atomic E-state index is 0.00386. The Morgan fingerprint density at radius 3 is 2.15 bits per heavy atom. The fraction of sp³-hybridized carbons (Fsp3) is 0.579. The highest BCUT2D eigenvalue weighted by molar-refractivity contribution is 6.16. The maximum Gasteiger partial charge on any atom is 0.229 e. The summed E-state index contributed by atoms with van der Waals surface area (Å²) in [6.45, 7) is 25.9. The van der Waals surface area contributed by atoms with Crippen LogP contribution < -0.4 is 5.32 Å². The molecule has 2 atom stereocenters. The quantitative estimate of drug-likeness (QED) is 0.186. The maximum absolute atomic E-state index is 15.3. The van der Waals surface area contributed by atoms with Gasteiger partial charge in [-0.05, 0) is 106 Å². The number of piperazine rings is 1. The van der Waals surface area contributed by atoms with Crippen LogP contribution in [-0.4, -0.2) is 90.8 Å². The third kappa shape index (κ3) is 5.19. The molecule has 52 heavy (non-hydrogen) atoms. The molecule has 1 saturated heterocycles. The number of rotatable bonds is 6. The first kappa shape index (κ1) is 38.0. The van der Waals surface area contributed by atoms with Gasteiger partial charge in [0.25, 0.3) is 0 Å². The van der Waals surface area contributed by atoms with Gasteiger partial charge in [-0.3, -0.25) is 9.80 Å². The summed E-state index contributed by atoms with van der Waals surface area (Å²) in [7, 11) is 2.01. The van der Waals surface area contributed by atoms with Crippen LogP contribution in [0.3, 0.4) is 0 Å². The average Bonchev–Trinajstić information content (AvgIpc) is 3.35. The van der Waals surface area contributed by atoms with E-state index in [4.69, 9.17) is 0 Å². The molecule has 0 aliphatic carbocycles. The Labute approximate surface area is 305 Å². The summed E-state index contributed by atoms with van der Waals surface area (Å²) in [5.74, 6) is -0.652. The first-order valence-electron chi connectivity index (χ1n) is 17.9. The van der Waals surface area contributed by atoms with Crippen molar-refractivity contribution in [2.24, 2.45) is 0 Å². The Kier molecular flexibility index (Phi) is 8.51. The van der Waals surface area contributed by atoms with Crippen LogP contribution in [0.2, 0.25) is 0 Å². The molecule has 0 amide bonds. The van der Waals surface area contributed by atoms with Gasteiger partial charge in [0.15, 0.2) is 11.6 Å². The fourth-order valence-corrected chi connectivity index (χ4v) is 9.07. The van der Waals surface area contributed by atoms with E-state index in [2.05, 4.69) is 62.7 Å². The predicted octanol–water partition coefficient (Wildman–Crippen LogP) is 5.63. The summed E-state index contributed by atoms with van der Waals surface area (Å²) in [5.41, 5.74) is -2.69. The van der Waals surface area contributed by atoms with Crippen molar-refractivity contribution in [2.75, 3.05) is 5.32 Å². The lowest BCUT2D eigenvalue weighted by Gasteiger charge is -2.76. The normalized spacial score (nSPS) is 22.7. The molecule has 5 heterocycles. The standard InChI is InChI=1S/C38H53BF2N8O3/c1-19(2)48-21(4)43-29-25(40)14-22(15-27(29)48)28-26(41)17-42-32(44-28)46-30-20(3)23-16-38(52)35(9,10)49(37(13,39)36(11,12)51)34(7,8)33(5,6)47(38)18-24(23)31(50)45-30/h14-15,17,19,51-52H,16,18,39H2,1-13H3,(H2,42,44,45,46,50). The number of hydrogen-bond acceptors (Lipinski definition) is 10. The van der Waals surface area contributed by atoms with Crippen molar-refractivity contribution >= 4 is 30.6 Å². The second-order valence-electron chi connectivity index (χ2n) is 17.5. The number of pyridine rings is 1. The van der Waals surface area contributed by atoms with Crippen molar-refractivity contribution in [3.05, 3.63) is 52.5 Å². The number of imidazole rings is 1. The minimum Gasteiger partial charge on any atom is -0.493 e. The molecular weight excluding hydrogens is 665 g/mol. The Morgan fingerprint density at radius 2 is 1.56 bits per heavy atom. The van der Waals surface area contributed by atoms with Crippen LogP contribution in [0.25, 0.3) is 22.3 Å². The molecule has 1 fully saturated rings. The van der Waals surface area contributed by atoms with Crippen LogP contribution in [0.4, 0.5) is 20.5 Å². The second-order valence-corrected chi connectivity index (χ2v) is 17.5. The first-order chi connectivity index (χ1) is 23.7. The van der Waals surface area contributed by atoms with Gasteiger partial charge in [0.2, 0.25) is 11.8 Å². The lowest BCUT2D eigenvalue weighted by Crippen LogP contribution is -2.90. The largest absolute Gasteiger partial charge is 0.493 e. The molecule has 11 nitrogen and oxygen atoms in total. The molecule has 280 valence electrons. The Morgan fingerprint density at radius 1 is 0.923 bits per heavy atom. The third-order valence-electron chi connectivity index (χ3n) is 12.9. The Bertz CT molecular complexity index is 2110. The highest BCUT2D eigenvalue weighted by atomic mass is 19.1. The smallest absolute Gasteiger partial charge is 0.229 e. The molecule has 6 rings (SSSR count). The number of fused-ring (bicyclic) bond motifs is 3. The molecule has 0 saturated carbocycles. The zero-order chi connectivity index (χ0) is 38.9. The van der Waals surface area contributed by atoms with Gasteiger partial charge in [-0.2, -0.15) is 4.98 Å². The number of aromatic hydroxyl groups is 1. The van der Waals surface area contributed by atoms with Crippen molar-refractivity contribution < 1.29 is 24.1 Å². The minimum atomic E-state index is -1.46. The zero-order valence-electron chi connectivity index (χ0n) is 33.0. The lowest BCUT2D eigenvalue weighted by molar-refractivity contribution is -0.327. The summed E-state index contributed by atoms with van der Waals surface area (Å²) >= 11 is 0. The van der Waals surface area contributed by atoms with E-state index >= 15 is 8.78 Å². The van der Waals surface area contributed by atoms with Gasteiger partial charge >= 0.3 is 0 Å². The van der Waals surface area contributed by atoms with Crippen LogP contribution in [0.5, 0.6) is 5.88 Å². The number of anilines is 2. The Balaban J connectivity index is 1.43. The third-order valence-corrected chi connectivity index (χ3v) is 12.9. The number of halogens is 2. The zero-order valence-corrected chi connectivity index (χ0v) is 33.0. The van der Waals surface area contributed by atoms with Gasteiger partial charge < -0.3 is 25.2 Å². The fourth-order valence-electron chi connectivity index (χ4n) is 9.07. The summed E-state index contributed by atoms with van der Waals surface area (Å²) in [5, 5.41) is 39.1. The monoisotopic (exact) mass is 718 g/mol. The second kappa shape index (κ2) is 11.6. The van der Waals surface area contributed by atoms with Gasteiger partial charge in [-0.15, -0.1) is 0 Å². The van der Waals surface area contributed by atoms with Gasteiger partial charge in [0.1, 0.15) is 36.4 Å². The first-order valence-corrected chi connectivity index (χ1v) is 17.9. The lowest BCUT2D eigenvalue weighted by atomic mass is 9.57. The summed E-state index contributed by atoms with van der Waals surface area (Å²) in [6.07, 6.45) is 1.15. The molecule has 1 aromatic carbocycles. The van der Waals surface area contributed by atoms with E-state index < -0.39 is 45.0 Å². The van der Waals surface area contributed by atoms with Crippen molar-refractivity contribution in [2.45, 2.75) is 142 Å². The molecule has 2 aliphatic rings. The van der Waals surface area contributed by atoms with E-state index in [1.165, 1.54) is 6.07 Å². The molecule has 2 aliphatic heterocycles. The Hall–Kier alpha value is -3.72. The van der Waals surface area contributed by atoms with E-state index in [9.17, 15) is 15.3 Å². The summed E-state index contributed by atoms with van der Waals surface area (Å²) in [4.78, 5) is 21.8. The van der Waals surface area contributed by atoms with Gasteiger partial charge in [-0.1, -0.05) is 6.92 Å². The summed E-state index contributed by atoms with van der Waals surface area (Å²) < 4.78 is 32.6. The molecule has 0 radical (unpaired) electrons. The van der Waals surface area contributed by atoms with Gasteiger partial charge in [0.05, 0.1) is 22.9 Å². The number of aliphatic hydroxyl groups is 2. The molecule has 3 aromatic heterocycles. The molecule has 14 heteroatoms.